The van der Waals surface area contributed by atoms with Crippen molar-refractivity contribution < 1.29 is 0 Å². The van der Waals surface area contributed by atoms with Crippen LogP contribution in [0, 0.1) is 4.77 Å². The zero-order valence-electron chi connectivity index (χ0n) is 7.04. The fourth-order valence-electron chi connectivity index (χ4n) is 1.35. The molecule has 0 aliphatic heterocycles. The number of imidazole rings is 1. The number of hydrogen-bond acceptors (Lipinski definition) is 2. The van der Waals surface area contributed by atoms with Gasteiger partial charge in [-0.1, -0.05) is 0 Å². The Balaban J connectivity index is 2.14. The molecular weight excluding hydrogens is 188 g/mol. The van der Waals surface area contributed by atoms with Crippen molar-refractivity contribution in [3.8, 4) is 0 Å². The highest BCUT2D eigenvalue weighted by molar-refractivity contribution is 8.00. The van der Waals surface area contributed by atoms with Crippen LogP contribution >= 0.6 is 24.0 Å². The van der Waals surface area contributed by atoms with E-state index in [9.17, 15) is 0 Å². The Kier molecular flexibility index (Phi) is 2.04. The lowest BCUT2D eigenvalue weighted by molar-refractivity contribution is 0.652. The van der Waals surface area contributed by atoms with Gasteiger partial charge in [-0.05, 0) is 31.3 Å². The zero-order valence-corrected chi connectivity index (χ0v) is 8.67. The molecule has 66 valence electrons. The van der Waals surface area contributed by atoms with Crippen molar-refractivity contribution in [2.45, 2.75) is 24.1 Å². The van der Waals surface area contributed by atoms with E-state index in [0.717, 1.165) is 11.3 Å². The molecule has 2 rings (SSSR count). The molecule has 1 N–H and O–H groups in total. The lowest BCUT2D eigenvalue weighted by Gasteiger charge is -2.11. The Hall–Kier alpha value is -0.220. The molecule has 12 heavy (non-hydrogen) atoms. The van der Waals surface area contributed by atoms with Gasteiger partial charge in [0, 0.05) is 23.7 Å². The van der Waals surface area contributed by atoms with Crippen LogP contribution in [0.1, 0.15) is 12.8 Å². The first-order valence-corrected chi connectivity index (χ1v) is 5.68. The van der Waals surface area contributed by atoms with Gasteiger partial charge in [0.15, 0.2) is 4.77 Å². The number of thioether (sulfide) groups is 1. The van der Waals surface area contributed by atoms with Gasteiger partial charge >= 0.3 is 0 Å². The summed E-state index contributed by atoms with van der Waals surface area (Å²) in [5, 5.41) is 0. The van der Waals surface area contributed by atoms with Crippen LogP contribution in [0.5, 0.6) is 0 Å². The third-order valence-electron chi connectivity index (χ3n) is 2.42. The van der Waals surface area contributed by atoms with Crippen LogP contribution in [-0.2, 0) is 6.54 Å². The first kappa shape index (κ1) is 8.38. The molecule has 0 atom stereocenters. The number of hydrogen-bond donors (Lipinski definition) is 1. The van der Waals surface area contributed by atoms with E-state index in [0.29, 0.717) is 4.75 Å². The second-order valence-corrected chi connectivity index (χ2v) is 4.94. The maximum atomic E-state index is 5.13. The molecule has 0 radical (unpaired) electrons. The van der Waals surface area contributed by atoms with Gasteiger partial charge in [-0.25, -0.2) is 0 Å². The molecule has 1 aromatic heterocycles. The predicted octanol–water partition coefficient (Wildman–Crippen LogP) is 2.44. The zero-order chi connectivity index (χ0) is 8.60. The average molecular weight is 200 g/mol. The van der Waals surface area contributed by atoms with Gasteiger partial charge in [-0.3, -0.25) is 0 Å². The van der Waals surface area contributed by atoms with E-state index in [2.05, 4.69) is 15.8 Å². The summed E-state index contributed by atoms with van der Waals surface area (Å²) in [6.07, 6.45) is 8.78. The third-order valence-corrected chi connectivity index (χ3v) is 4.18. The number of H-pyrrole nitrogens is 1. The van der Waals surface area contributed by atoms with E-state index in [1.165, 1.54) is 12.8 Å². The summed E-state index contributed by atoms with van der Waals surface area (Å²) in [5.41, 5.74) is 0. The lowest BCUT2D eigenvalue weighted by Crippen LogP contribution is -2.12. The van der Waals surface area contributed by atoms with Gasteiger partial charge in [-0.2, -0.15) is 11.8 Å². The number of aromatic nitrogens is 2. The van der Waals surface area contributed by atoms with Crippen molar-refractivity contribution in [1.82, 2.24) is 9.55 Å². The number of aromatic amines is 1. The predicted molar refractivity (Wildman–Crippen MR) is 55.1 cm³/mol. The normalized spacial score (nSPS) is 19.4. The van der Waals surface area contributed by atoms with E-state index >= 15 is 0 Å². The quantitative estimate of drug-likeness (QED) is 0.756. The largest absolute Gasteiger partial charge is 0.337 e. The van der Waals surface area contributed by atoms with Gasteiger partial charge in [0.2, 0.25) is 0 Å². The van der Waals surface area contributed by atoms with Crippen LogP contribution in [0.4, 0.5) is 0 Å². The monoisotopic (exact) mass is 200 g/mol. The topological polar surface area (TPSA) is 20.7 Å². The molecule has 4 heteroatoms. The minimum atomic E-state index is 0.500. The van der Waals surface area contributed by atoms with Crippen LogP contribution in [-0.4, -0.2) is 20.6 Å². The minimum Gasteiger partial charge on any atom is -0.337 e. The summed E-state index contributed by atoms with van der Waals surface area (Å²) in [7, 11) is 0. The fourth-order valence-corrected chi connectivity index (χ4v) is 2.32. The van der Waals surface area contributed by atoms with Crippen LogP contribution < -0.4 is 0 Å². The Morgan fingerprint density at radius 3 is 2.92 bits per heavy atom. The maximum absolute atomic E-state index is 5.13. The third kappa shape index (κ3) is 1.45. The molecule has 1 saturated carbocycles. The summed E-state index contributed by atoms with van der Waals surface area (Å²) in [5.74, 6) is 0. The van der Waals surface area contributed by atoms with E-state index in [-0.39, 0.29) is 0 Å². The highest BCUT2D eigenvalue weighted by atomic mass is 32.2. The maximum Gasteiger partial charge on any atom is 0.177 e. The van der Waals surface area contributed by atoms with Gasteiger partial charge in [-0.15, -0.1) is 0 Å². The van der Waals surface area contributed by atoms with Crippen molar-refractivity contribution in [1.29, 1.82) is 0 Å². The smallest absolute Gasteiger partial charge is 0.177 e. The van der Waals surface area contributed by atoms with E-state index in [1.807, 2.05) is 24.2 Å². The van der Waals surface area contributed by atoms with Crippen LogP contribution in [0.2, 0.25) is 0 Å². The van der Waals surface area contributed by atoms with Gasteiger partial charge in [0.05, 0.1) is 0 Å². The summed E-state index contributed by atoms with van der Waals surface area (Å²) in [6, 6.07) is 0. The van der Waals surface area contributed by atoms with Gasteiger partial charge in [0.1, 0.15) is 0 Å². The van der Waals surface area contributed by atoms with Crippen LogP contribution in [0.3, 0.4) is 0 Å². The van der Waals surface area contributed by atoms with Crippen molar-refractivity contribution in [3.63, 3.8) is 0 Å². The highest BCUT2D eigenvalue weighted by Crippen LogP contribution is 2.48. The Morgan fingerprint density at radius 2 is 2.50 bits per heavy atom. The fraction of sp³-hybridized carbons (Fsp3) is 0.625. The number of nitrogens with one attached hydrogen (secondary N) is 1. The van der Waals surface area contributed by atoms with E-state index in [4.69, 9.17) is 12.2 Å². The van der Waals surface area contributed by atoms with Crippen LogP contribution in [0.15, 0.2) is 12.4 Å². The first-order valence-electron chi connectivity index (χ1n) is 4.05. The standard InChI is InChI=1S/C8H12N2S2/c1-12-8(2-3-8)6-10-5-4-9-7(10)11/h4-5H,2-3,6H2,1H3,(H,9,11). The molecule has 1 aromatic rings. The molecule has 0 aromatic carbocycles. The number of nitrogens with zero attached hydrogens (tertiary/aromatic N) is 1. The molecule has 1 fully saturated rings. The van der Waals surface area contributed by atoms with Crippen molar-refractivity contribution in [2.75, 3.05) is 6.26 Å². The highest BCUT2D eigenvalue weighted by Gasteiger charge is 2.42. The molecule has 0 spiro atoms. The molecule has 1 aliphatic carbocycles. The molecule has 0 unspecified atom stereocenters. The summed E-state index contributed by atoms with van der Waals surface area (Å²) in [4.78, 5) is 3.01. The summed E-state index contributed by atoms with van der Waals surface area (Å²) < 4.78 is 3.47. The Bertz CT molecular complexity index is 322. The van der Waals surface area contributed by atoms with Gasteiger partial charge < -0.3 is 9.55 Å². The number of rotatable bonds is 3. The van der Waals surface area contributed by atoms with Crippen LogP contribution in [0.25, 0.3) is 0 Å². The molecule has 0 bridgehead atoms. The average Bonchev–Trinajstić information content (AvgIpc) is 2.74. The Morgan fingerprint density at radius 1 is 1.75 bits per heavy atom. The SMILES string of the molecule is CSC1(Cn2cc[nH]c2=S)CC1. The second-order valence-electron chi connectivity index (χ2n) is 3.28. The van der Waals surface area contributed by atoms with Gasteiger partial charge in [0.25, 0.3) is 0 Å². The molecule has 0 amide bonds. The van der Waals surface area contributed by atoms with Crippen molar-refractivity contribution in [2.24, 2.45) is 0 Å². The minimum absolute atomic E-state index is 0.500. The lowest BCUT2D eigenvalue weighted by atomic mass is 10.4. The summed E-state index contributed by atoms with van der Waals surface area (Å²) in [6.45, 7) is 1.07. The van der Waals surface area contributed by atoms with E-state index in [1.54, 1.807) is 0 Å². The van der Waals surface area contributed by atoms with Crippen molar-refractivity contribution in [3.05, 3.63) is 17.2 Å². The molecule has 2 nitrogen and oxygen atoms in total. The second kappa shape index (κ2) is 2.92. The van der Waals surface area contributed by atoms with Crippen molar-refractivity contribution >= 4 is 24.0 Å². The summed E-state index contributed by atoms with van der Waals surface area (Å²) >= 11 is 7.09. The molecule has 1 aliphatic rings. The van der Waals surface area contributed by atoms with E-state index < -0.39 is 0 Å². The molecule has 1 heterocycles. The Labute approximate surface area is 81.4 Å². The molecular formula is C8H12N2S2. The molecule has 0 saturated heterocycles. The first-order chi connectivity index (χ1) is 5.76.